The van der Waals surface area contributed by atoms with Gasteiger partial charge in [-0.25, -0.2) is 0 Å². The van der Waals surface area contributed by atoms with Crippen LogP contribution in [0.15, 0.2) is 24.4 Å². The van der Waals surface area contributed by atoms with E-state index in [1.165, 1.54) is 83.5 Å². The van der Waals surface area contributed by atoms with Crippen molar-refractivity contribution >= 4 is 0 Å². The number of unbranched alkanes of at least 4 members (excludes halogenated alkanes) is 12. The van der Waals surface area contributed by atoms with Crippen LogP contribution < -0.4 is 12.4 Å². The summed E-state index contributed by atoms with van der Waals surface area (Å²) >= 11 is 0. The fourth-order valence-corrected chi connectivity index (χ4v) is 2.67. The number of quaternary nitrogens is 1. The van der Waals surface area contributed by atoms with Gasteiger partial charge in [0.15, 0.2) is 0 Å². The highest BCUT2D eigenvalue weighted by Gasteiger charge is 2.04. The molecule has 0 spiro atoms. The minimum absolute atomic E-state index is 0. The molecule has 0 aliphatic rings. The van der Waals surface area contributed by atoms with Gasteiger partial charge in [-0.15, -0.1) is 0 Å². The summed E-state index contributed by atoms with van der Waals surface area (Å²) < 4.78 is 0.961. The lowest BCUT2D eigenvalue weighted by Crippen LogP contribution is -3.00. The van der Waals surface area contributed by atoms with Crippen LogP contribution in [0, 0.1) is 0 Å². The molecule has 144 valence electrons. The van der Waals surface area contributed by atoms with E-state index in [1.54, 1.807) is 0 Å². The molecule has 0 heterocycles. The number of halogens is 1. The molecule has 0 saturated heterocycles. The Kier molecular flexibility index (Phi) is 20.6. The Morgan fingerprint density at radius 2 is 1.08 bits per heavy atom. The van der Waals surface area contributed by atoms with E-state index in [1.807, 2.05) is 0 Å². The fourth-order valence-electron chi connectivity index (χ4n) is 2.67. The van der Waals surface area contributed by atoms with Gasteiger partial charge in [0.1, 0.15) is 0 Å². The average molecular weight is 358 g/mol. The molecule has 0 fully saturated rings. The Labute approximate surface area is 159 Å². The van der Waals surface area contributed by atoms with Crippen molar-refractivity contribution in [3.05, 3.63) is 24.4 Å². The molecule has 0 aliphatic carbocycles. The molecule has 0 rings (SSSR count). The maximum absolute atomic E-state index is 2.32. The second kappa shape index (κ2) is 19.1. The summed E-state index contributed by atoms with van der Waals surface area (Å²) in [5.41, 5.74) is 0. The van der Waals surface area contributed by atoms with E-state index >= 15 is 0 Å². The van der Waals surface area contributed by atoms with Crippen LogP contribution in [-0.4, -0.2) is 25.1 Å². The third-order valence-electron chi connectivity index (χ3n) is 4.78. The minimum Gasteiger partial charge on any atom is -1.00 e. The molecule has 0 radical (unpaired) electrons. The van der Waals surface area contributed by atoms with Gasteiger partial charge in [0.05, 0.1) is 26.8 Å². The lowest BCUT2D eigenvalue weighted by molar-refractivity contribution is -0.836. The molecule has 0 aromatic rings. The first kappa shape index (κ1) is 26.0. The maximum Gasteiger partial charge on any atom is 0.0954 e. The van der Waals surface area contributed by atoms with Crippen LogP contribution in [0.4, 0.5) is 0 Å². The van der Waals surface area contributed by atoms with E-state index in [-0.39, 0.29) is 12.4 Å². The van der Waals surface area contributed by atoms with Gasteiger partial charge in [-0.3, -0.25) is 0 Å². The highest BCUT2D eigenvalue weighted by atomic mass is 35.5. The molecule has 2 heteroatoms. The zero-order valence-corrected chi connectivity index (χ0v) is 17.8. The molecule has 0 aromatic carbocycles. The number of allylic oxidation sites excluding steroid dienone is 3. The zero-order chi connectivity index (χ0) is 17.2. The second-order valence-corrected chi connectivity index (χ2v) is 7.54. The predicted octanol–water partition coefficient (Wildman–Crippen LogP) is 4.25. The quantitative estimate of drug-likeness (QED) is 0.220. The van der Waals surface area contributed by atoms with Crippen molar-refractivity contribution in [1.29, 1.82) is 0 Å². The van der Waals surface area contributed by atoms with E-state index in [0.717, 1.165) is 11.0 Å². The maximum atomic E-state index is 2.32. The van der Waals surface area contributed by atoms with Gasteiger partial charge in [-0.2, -0.15) is 0 Å². The molecule has 0 aliphatic heterocycles. The summed E-state index contributed by atoms with van der Waals surface area (Å²) in [6.07, 6.45) is 27.4. The third-order valence-corrected chi connectivity index (χ3v) is 4.78. The monoisotopic (exact) mass is 357 g/mol. The van der Waals surface area contributed by atoms with Crippen LogP contribution in [-0.2, 0) is 0 Å². The first-order chi connectivity index (χ1) is 11.1. The van der Waals surface area contributed by atoms with Gasteiger partial charge in [0, 0.05) is 0 Å². The van der Waals surface area contributed by atoms with Crippen LogP contribution >= 0.6 is 0 Å². The van der Waals surface area contributed by atoms with Crippen LogP contribution in [0.3, 0.4) is 0 Å². The summed E-state index contributed by atoms with van der Waals surface area (Å²) in [6.45, 7) is 5.66. The predicted molar refractivity (Wildman–Crippen MR) is 107 cm³/mol. The molecule has 0 amide bonds. The normalized spacial score (nSPS) is 12.2. The number of hydrogen-bond donors (Lipinski definition) is 0. The Morgan fingerprint density at radius 1 is 0.625 bits per heavy atom. The summed E-state index contributed by atoms with van der Waals surface area (Å²) in [7, 11) is 4.46. The average Bonchev–Trinajstić information content (AvgIpc) is 2.54. The molecule has 0 bridgehead atoms. The zero-order valence-electron chi connectivity index (χ0n) is 17.0. The lowest BCUT2D eigenvalue weighted by atomic mass is 10.0. The number of rotatable bonds is 16. The minimum atomic E-state index is 0. The van der Waals surface area contributed by atoms with E-state index < -0.39 is 0 Å². The Hall–Kier alpha value is -0.270. The highest BCUT2D eigenvalue weighted by Crippen LogP contribution is 2.12. The van der Waals surface area contributed by atoms with Gasteiger partial charge in [-0.05, 0) is 25.8 Å². The smallest absolute Gasteiger partial charge is 0.0954 e. The van der Waals surface area contributed by atoms with Gasteiger partial charge in [0.25, 0.3) is 0 Å². The molecule has 0 aromatic heterocycles. The molecule has 0 saturated carbocycles. The van der Waals surface area contributed by atoms with Gasteiger partial charge < -0.3 is 16.9 Å². The van der Waals surface area contributed by atoms with Crippen LogP contribution in [0.25, 0.3) is 0 Å². The Bertz CT molecular complexity index is 294. The van der Waals surface area contributed by atoms with E-state index in [0.29, 0.717) is 0 Å². The van der Waals surface area contributed by atoms with Gasteiger partial charge >= 0.3 is 0 Å². The van der Waals surface area contributed by atoms with Crippen LogP contribution in [0.1, 0.15) is 97.3 Å². The summed E-state index contributed by atoms with van der Waals surface area (Å²) in [6, 6.07) is 0. The third kappa shape index (κ3) is 19.8. The topological polar surface area (TPSA) is 0 Å². The van der Waals surface area contributed by atoms with Crippen molar-refractivity contribution in [1.82, 2.24) is 0 Å². The molecule has 0 unspecified atom stereocenters. The molecule has 0 atom stereocenters. The Morgan fingerprint density at radius 3 is 1.54 bits per heavy atom. The van der Waals surface area contributed by atoms with Gasteiger partial charge in [-0.1, -0.05) is 89.7 Å². The summed E-state index contributed by atoms with van der Waals surface area (Å²) in [5.74, 6) is 0. The first-order valence-corrected chi connectivity index (χ1v) is 10.3. The molecule has 24 heavy (non-hydrogen) atoms. The van der Waals surface area contributed by atoms with Crippen molar-refractivity contribution in [2.45, 2.75) is 97.3 Å². The van der Waals surface area contributed by atoms with Crippen LogP contribution in [0.5, 0.6) is 0 Å². The van der Waals surface area contributed by atoms with Crippen molar-refractivity contribution < 1.29 is 16.9 Å². The lowest BCUT2D eigenvalue weighted by Gasteiger charge is -2.22. The van der Waals surface area contributed by atoms with Crippen LogP contribution in [0.2, 0.25) is 0 Å². The van der Waals surface area contributed by atoms with E-state index in [9.17, 15) is 0 Å². The highest BCUT2D eigenvalue weighted by molar-refractivity contribution is 4.99. The summed E-state index contributed by atoms with van der Waals surface area (Å²) in [4.78, 5) is 0. The first-order valence-electron chi connectivity index (χ1n) is 10.3. The SMILES string of the molecule is CCCCCCCCCCCCCCC=CC=C[N+](C)(C)CC.[Cl-]. The fraction of sp³-hybridized carbons (Fsp3) is 0.818. The number of hydrogen-bond acceptors (Lipinski definition) is 0. The van der Waals surface area contributed by atoms with Crippen molar-refractivity contribution in [2.24, 2.45) is 0 Å². The van der Waals surface area contributed by atoms with Crippen molar-refractivity contribution in [3.8, 4) is 0 Å². The number of nitrogens with zero attached hydrogens (tertiary/aromatic N) is 1. The molecule has 1 nitrogen and oxygen atoms in total. The Balaban J connectivity index is 0. The van der Waals surface area contributed by atoms with Crippen molar-refractivity contribution in [2.75, 3.05) is 20.6 Å². The molecular formula is C22H44ClN. The molecule has 0 N–H and O–H groups in total. The summed E-state index contributed by atoms with van der Waals surface area (Å²) in [5, 5.41) is 0. The second-order valence-electron chi connectivity index (χ2n) is 7.54. The largest absolute Gasteiger partial charge is 1.00 e. The van der Waals surface area contributed by atoms with Gasteiger partial charge in [0.2, 0.25) is 0 Å². The van der Waals surface area contributed by atoms with E-state index in [4.69, 9.17) is 0 Å². The van der Waals surface area contributed by atoms with Crippen molar-refractivity contribution in [3.63, 3.8) is 0 Å². The molecular weight excluding hydrogens is 314 g/mol. The van der Waals surface area contributed by atoms with E-state index in [2.05, 4.69) is 52.4 Å². The standard InChI is InChI=1S/C22H44N.ClH/c1-5-7-8-9-10-11-12-13-14-15-16-17-18-19-20-21-22-23(3,4)6-2;/h19-22H,5-18H2,1-4H3;1H/q+1;/p-1.